The van der Waals surface area contributed by atoms with Crippen LogP contribution < -0.4 is 5.32 Å². The highest BCUT2D eigenvalue weighted by Crippen LogP contribution is 2.36. The van der Waals surface area contributed by atoms with Crippen LogP contribution in [0.1, 0.15) is 23.3 Å². The highest BCUT2D eigenvalue weighted by molar-refractivity contribution is 7.09. The Morgan fingerprint density at radius 3 is 2.65 bits per heavy atom. The minimum atomic E-state index is -4.67. The number of aryl methyl sites for hydroxylation is 1. The van der Waals surface area contributed by atoms with E-state index in [1.165, 1.54) is 6.07 Å². The topological polar surface area (TPSA) is 55.4 Å². The number of rotatable bonds is 7. The Hall–Kier alpha value is -2.06. The molecule has 140 valence electrons. The van der Waals surface area contributed by atoms with Gasteiger partial charge in [0, 0.05) is 16.3 Å². The Kier molecular flexibility index (Phi) is 7.05. The van der Waals surface area contributed by atoms with Crippen molar-refractivity contribution in [2.75, 3.05) is 11.9 Å². The first-order valence-corrected chi connectivity index (χ1v) is 8.86. The number of carbonyl (C=O) groups is 2. The van der Waals surface area contributed by atoms with Crippen LogP contribution in [0.15, 0.2) is 35.7 Å². The van der Waals surface area contributed by atoms with E-state index in [9.17, 15) is 22.8 Å². The Balaban J connectivity index is 1.80. The third kappa shape index (κ3) is 6.34. The molecule has 1 aromatic carbocycles. The van der Waals surface area contributed by atoms with Crippen molar-refractivity contribution < 1.29 is 27.5 Å². The van der Waals surface area contributed by atoms with Gasteiger partial charge in [-0.2, -0.15) is 13.2 Å². The molecule has 0 saturated carbocycles. The normalized spacial score (nSPS) is 11.2. The van der Waals surface area contributed by atoms with Gasteiger partial charge >= 0.3 is 12.1 Å². The van der Waals surface area contributed by atoms with Crippen LogP contribution in [0, 0.1) is 0 Å². The Bertz CT molecular complexity index is 763. The summed E-state index contributed by atoms with van der Waals surface area (Å²) in [6.07, 6.45) is -3.26. The van der Waals surface area contributed by atoms with Crippen LogP contribution in [-0.4, -0.2) is 18.5 Å². The predicted molar refractivity (Wildman–Crippen MR) is 93.3 cm³/mol. The number of ether oxygens (including phenoxy) is 1. The second-order valence-corrected chi connectivity index (χ2v) is 6.80. The smallest absolute Gasteiger partial charge is 0.418 e. The van der Waals surface area contributed by atoms with Crippen molar-refractivity contribution in [2.45, 2.75) is 25.4 Å². The number of amides is 1. The molecule has 1 N–H and O–H groups in total. The molecule has 0 aliphatic carbocycles. The minimum absolute atomic E-state index is 0.104. The molecule has 0 aliphatic heterocycles. The number of nitrogens with one attached hydrogen (secondary N) is 1. The van der Waals surface area contributed by atoms with E-state index in [4.69, 9.17) is 16.3 Å². The molecule has 0 fully saturated rings. The molecule has 9 heteroatoms. The van der Waals surface area contributed by atoms with Gasteiger partial charge in [-0.1, -0.05) is 17.7 Å². The van der Waals surface area contributed by atoms with Crippen molar-refractivity contribution in [1.29, 1.82) is 0 Å². The second kappa shape index (κ2) is 9.05. The van der Waals surface area contributed by atoms with Crippen LogP contribution in [-0.2, 0) is 26.9 Å². The standard InChI is InChI=1S/C17H15ClF3NO3S/c18-11-6-7-14(13(9-11)17(19,20)21)22-15(23)10-25-16(24)5-1-3-12-4-2-8-26-12/h2,4,6-9H,1,3,5,10H2,(H,22,23). The van der Waals surface area contributed by atoms with Crippen molar-refractivity contribution in [2.24, 2.45) is 0 Å². The molecule has 0 spiro atoms. The number of thiophene rings is 1. The van der Waals surface area contributed by atoms with Crippen LogP contribution in [0.5, 0.6) is 0 Å². The predicted octanol–water partition coefficient (Wildman–Crippen LogP) is 4.92. The van der Waals surface area contributed by atoms with Gasteiger partial charge in [-0.15, -0.1) is 11.3 Å². The first-order chi connectivity index (χ1) is 12.3. The quantitative estimate of drug-likeness (QED) is 0.665. The number of anilines is 1. The van der Waals surface area contributed by atoms with E-state index in [1.54, 1.807) is 11.3 Å². The average molecular weight is 406 g/mol. The number of hydrogen-bond acceptors (Lipinski definition) is 4. The van der Waals surface area contributed by atoms with Gasteiger partial charge in [0.1, 0.15) is 0 Å². The monoisotopic (exact) mass is 405 g/mol. The summed E-state index contributed by atoms with van der Waals surface area (Å²) < 4.78 is 43.7. The van der Waals surface area contributed by atoms with Crippen LogP contribution >= 0.6 is 22.9 Å². The summed E-state index contributed by atoms with van der Waals surface area (Å²) >= 11 is 7.15. The van der Waals surface area contributed by atoms with Crippen LogP contribution in [0.4, 0.5) is 18.9 Å². The Morgan fingerprint density at radius 2 is 2.00 bits per heavy atom. The minimum Gasteiger partial charge on any atom is -0.456 e. The molecule has 0 saturated heterocycles. The molecular weight excluding hydrogens is 391 g/mol. The highest BCUT2D eigenvalue weighted by Gasteiger charge is 2.34. The molecule has 0 aliphatic rings. The summed E-state index contributed by atoms with van der Waals surface area (Å²) in [5.41, 5.74) is -1.51. The van der Waals surface area contributed by atoms with Gasteiger partial charge in [0.15, 0.2) is 6.61 Å². The maximum Gasteiger partial charge on any atom is 0.418 e. The zero-order chi connectivity index (χ0) is 19.2. The lowest BCUT2D eigenvalue weighted by molar-refractivity contribution is -0.147. The van der Waals surface area contributed by atoms with Crippen molar-refractivity contribution in [3.05, 3.63) is 51.2 Å². The van der Waals surface area contributed by atoms with E-state index in [-0.39, 0.29) is 11.4 Å². The number of hydrogen-bond donors (Lipinski definition) is 1. The molecule has 1 amide bonds. The number of halogens is 4. The van der Waals surface area contributed by atoms with E-state index in [2.05, 4.69) is 5.32 Å². The third-order valence-corrected chi connectivity index (χ3v) is 4.48. The van der Waals surface area contributed by atoms with Crippen molar-refractivity contribution in [3.63, 3.8) is 0 Å². The fourth-order valence-electron chi connectivity index (χ4n) is 2.13. The molecule has 0 unspecified atom stereocenters. The number of esters is 1. The summed E-state index contributed by atoms with van der Waals surface area (Å²) in [6.45, 7) is -0.655. The third-order valence-electron chi connectivity index (χ3n) is 3.31. The van der Waals surface area contributed by atoms with E-state index in [0.717, 1.165) is 17.4 Å². The molecule has 0 radical (unpaired) electrons. The molecule has 1 heterocycles. The van der Waals surface area contributed by atoms with E-state index in [1.807, 2.05) is 17.5 Å². The van der Waals surface area contributed by atoms with Crippen molar-refractivity contribution in [3.8, 4) is 0 Å². The first-order valence-electron chi connectivity index (χ1n) is 7.60. The van der Waals surface area contributed by atoms with Gasteiger partial charge in [0.05, 0.1) is 11.3 Å². The molecule has 0 atom stereocenters. The average Bonchev–Trinajstić information content (AvgIpc) is 3.07. The second-order valence-electron chi connectivity index (χ2n) is 5.33. The maximum atomic E-state index is 13.0. The van der Waals surface area contributed by atoms with E-state index < -0.39 is 35.9 Å². The number of carbonyl (C=O) groups excluding carboxylic acids is 2. The Morgan fingerprint density at radius 1 is 1.23 bits per heavy atom. The van der Waals surface area contributed by atoms with Crippen LogP contribution in [0.25, 0.3) is 0 Å². The van der Waals surface area contributed by atoms with E-state index >= 15 is 0 Å². The Labute approximate surface area is 156 Å². The lowest BCUT2D eigenvalue weighted by Crippen LogP contribution is -2.22. The van der Waals surface area contributed by atoms with Crippen molar-refractivity contribution >= 4 is 40.5 Å². The van der Waals surface area contributed by atoms with Gasteiger partial charge in [-0.3, -0.25) is 9.59 Å². The zero-order valence-electron chi connectivity index (χ0n) is 13.4. The number of benzene rings is 1. The SMILES string of the molecule is O=C(COC(=O)CCCc1cccs1)Nc1ccc(Cl)cc1C(F)(F)F. The van der Waals surface area contributed by atoms with Gasteiger partial charge < -0.3 is 10.1 Å². The lowest BCUT2D eigenvalue weighted by atomic mass is 10.1. The first kappa shape index (κ1) is 20.3. The van der Waals surface area contributed by atoms with Gasteiger partial charge in [-0.25, -0.2) is 0 Å². The summed E-state index contributed by atoms with van der Waals surface area (Å²) in [6, 6.07) is 6.85. The van der Waals surface area contributed by atoms with Crippen LogP contribution in [0.2, 0.25) is 5.02 Å². The number of alkyl halides is 3. The fraction of sp³-hybridized carbons (Fsp3) is 0.294. The summed E-state index contributed by atoms with van der Waals surface area (Å²) in [5, 5.41) is 3.92. The van der Waals surface area contributed by atoms with Gasteiger partial charge in [0.25, 0.3) is 5.91 Å². The molecule has 2 aromatic rings. The molecule has 26 heavy (non-hydrogen) atoms. The summed E-state index contributed by atoms with van der Waals surface area (Å²) in [5.74, 6) is -1.44. The van der Waals surface area contributed by atoms with Crippen molar-refractivity contribution in [1.82, 2.24) is 0 Å². The summed E-state index contributed by atoms with van der Waals surface area (Å²) in [4.78, 5) is 24.5. The molecule has 0 bridgehead atoms. The molecule has 4 nitrogen and oxygen atoms in total. The van der Waals surface area contributed by atoms with Gasteiger partial charge in [0.2, 0.25) is 0 Å². The van der Waals surface area contributed by atoms with Crippen LogP contribution in [0.3, 0.4) is 0 Å². The van der Waals surface area contributed by atoms with E-state index in [0.29, 0.717) is 12.5 Å². The van der Waals surface area contributed by atoms with Gasteiger partial charge in [-0.05, 0) is 42.5 Å². The highest BCUT2D eigenvalue weighted by atomic mass is 35.5. The largest absolute Gasteiger partial charge is 0.456 e. The fourth-order valence-corrected chi connectivity index (χ4v) is 3.05. The summed E-state index contributed by atoms with van der Waals surface area (Å²) in [7, 11) is 0. The zero-order valence-corrected chi connectivity index (χ0v) is 15.0. The molecule has 1 aromatic heterocycles. The maximum absolute atomic E-state index is 13.0. The molecular formula is C17H15ClF3NO3S. The molecule has 2 rings (SSSR count). The lowest BCUT2D eigenvalue weighted by Gasteiger charge is -2.14.